The Morgan fingerprint density at radius 2 is 1.92 bits per heavy atom. The molecule has 8 heteroatoms. The summed E-state index contributed by atoms with van der Waals surface area (Å²) in [5.74, 6) is -0.966. The number of hydrogen-bond acceptors (Lipinski definition) is 6. The summed E-state index contributed by atoms with van der Waals surface area (Å²) in [6.45, 7) is 1.34. The fourth-order valence-corrected chi connectivity index (χ4v) is 3.26. The number of carbonyl (C=O) groups excluding carboxylic acids is 2. The highest BCUT2D eigenvalue weighted by Gasteiger charge is 2.32. The van der Waals surface area contributed by atoms with E-state index < -0.39 is 12.1 Å². The van der Waals surface area contributed by atoms with Crippen LogP contribution in [-0.4, -0.2) is 46.1 Å². The molecule has 0 unspecified atom stereocenters. The summed E-state index contributed by atoms with van der Waals surface area (Å²) in [5.41, 5.74) is 0.578. The van der Waals surface area contributed by atoms with Gasteiger partial charge in [-0.25, -0.2) is 14.8 Å². The molecule has 136 valence electrons. The predicted molar refractivity (Wildman–Crippen MR) is 99.2 cm³/mol. The van der Waals surface area contributed by atoms with Crippen molar-refractivity contribution in [1.82, 2.24) is 14.9 Å². The maximum absolute atomic E-state index is 12.9. The second kappa shape index (κ2) is 8.51. The van der Waals surface area contributed by atoms with Crippen molar-refractivity contribution in [2.24, 2.45) is 0 Å². The first kappa shape index (κ1) is 18.7. The lowest BCUT2D eigenvalue weighted by atomic mass is 10.1. The van der Waals surface area contributed by atoms with Crippen molar-refractivity contribution in [2.75, 3.05) is 19.3 Å². The number of nitrogens with zero attached hydrogens (tertiary/aromatic N) is 3. The van der Waals surface area contributed by atoms with Crippen LogP contribution in [0.5, 0.6) is 0 Å². The lowest BCUT2D eigenvalue weighted by Gasteiger charge is -2.23. The van der Waals surface area contributed by atoms with Crippen LogP contribution < -0.4 is 0 Å². The molecule has 0 bridgehead atoms. The van der Waals surface area contributed by atoms with Crippen molar-refractivity contribution in [3.8, 4) is 0 Å². The number of aromatic nitrogens is 2. The number of amides is 1. The van der Waals surface area contributed by atoms with Gasteiger partial charge in [-0.05, 0) is 19.1 Å². The van der Waals surface area contributed by atoms with Gasteiger partial charge in [-0.3, -0.25) is 4.79 Å². The maximum atomic E-state index is 12.9. The van der Waals surface area contributed by atoms with E-state index in [1.807, 2.05) is 6.07 Å². The SMILES string of the molecule is CSc1ncc(Cl)c(C(=O)O[C@@H](C(=O)N2CCCC2)c2ccccc2)n1. The minimum atomic E-state index is -1.02. The van der Waals surface area contributed by atoms with Gasteiger partial charge < -0.3 is 9.64 Å². The van der Waals surface area contributed by atoms with Crippen LogP contribution in [-0.2, 0) is 9.53 Å². The van der Waals surface area contributed by atoms with Gasteiger partial charge in [-0.15, -0.1) is 0 Å². The number of rotatable bonds is 5. The first-order valence-electron chi connectivity index (χ1n) is 8.21. The third kappa shape index (κ3) is 4.16. The van der Waals surface area contributed by atoms with Crippen LogP contribution in [0.15, 0.2) is 41.7 Å². The zero-order chi connectivity index (χ0) is 18.5. The van der Waals surface area contributed by atoms with Crippen molar-refractivity contribution in [3.05, 3.63) is 52.8 Å². The Morgan fingerprint density at radius 1 is 1.23 bits per heavy atom. The van der Waals surface area contributed by atoms with Crippen LogP contribution in [0.2, 0.25) is 5.02 Å². The zero-order valence-corrected chi connectivity index (χ0v) is 15.8. The van der Waals surface area contributed by atoms with E-state index in [9.17, 15) is 9.59 Å². The summed E-state index contributed by atoms with van der Waals surface area (Å²) >= 11 is 7.34. The molecule has 6 nitrogen and oxygen atoms in total. The van der Waals surface area contributed by atoms with Gasteiger partial charge in [0.2, 0.25) is 6.10 Å². The number of thioether (sulfide) groups is 1. The van der Waals surface area contributed by atoms with Gasteiger partial charge in [-0.1, -0.05) is 53.7 Å². The van der Waals surface area contributed by atoms with E-state index in [0.717, 1.165) is 12.8 Å². The highest BCUT2D eigenvalue weighted by Crippen LogP contribution is 2.25. The molecule has 1 saturated heterocycles. The first-order chi connectivity index (χ1) is 12.6. The second-order valence-corrected chi connectivity index (χ2v) is 6.96. The van der Waals surface area contributed by atoms with Crippen molar-refractivity contribution in [2.45, 2.75) is 24.1 Å². The molecule has 26 heavy (non-hydrogen) atoms. The number of halogens is 1. The molecule has 0 N–H and O–H groups in total. The Bertz CT molecular complexity index is 798. The molecule has 1 aromatic heterocycles. The molecular weight excluding hydrogens is 374 g/mol. The van der Waals surface area contributed by atoms with Gasteiger partial charge in [0.15, 0.2) is 10.9 Å². The first-order valence-corrected chi connectivity index (χ1v) is 9.81. The molecule has 1 aliphatic rings. The molecular formula is C18H18ClN3O3S. The van der Waals surface area contributed by atoms with Crippen molar-refractivity contribution in [3.63, 3.8) is 0 Å². The third-order valence-electron chi connectivity index (χ3n) is 4.07. The lowest BCUT2D eigenvalue weighted by molar-refractivity contribution is -0.140. The summed E-state index contributed by atoms with van der Waals surface area (Å²) in [5, 5.41) is 0.497. The zero-order valence-electron chi connectivity index (χ0n) is 14.2. The van der Waals surface area contributed by atoms with Crippen LogP contribution >= 0.6 is 23.4 Å². The lowest BCUT2D eigenvalue weighted by Crippen LogP contribution is -2.35. The minimum Gasteiger partial charge on any atom is -0.443 e. The predicted octanol–water partition coefficient (Wildman–Crippen LogP) is 3.37. The topological polar surface area (TPSA) is 72.4 Å². The molecule has 0 saturated carbocycles. The van der Waals surface area contributed by atoms with E-state index in [-0.39, 0.29) is 16.6 Å². The largest absolute Gasteiger partial charge is 0.443 e. The summed E-state index contributed by atoms with van der Waals surface area (Å²) in [4.78, 5) is 35.4. The number of carbonyl (C=O) groups is 2. The van der Waals surface area contributed by atoms with E-state index in [1.165, 1.54) is 18.0 Å². The molecule has 1 atom stereocenters. The Balaban J connectivity index is 1.88. The van der Waals surface area contributed by atoms with Gasteiger partial charge in [0, 0.05) is 18.7 Å². The van der Waals surface area contributed by atoms with E-state index in [1.54, 1.807) is 35.4 Å². The number of benzene rings is 1. The average Bonchev–Trinajstić information content (AvgIpc) is 3.21. The molecule has 1 aromatic carbocycles. The van der Waals surface area contributed by atoms with E-state index in [2.05, 4.69) is 9.97 Å². The molecule has 0 spiro atoms. The van der Waals surface area contributed by atoms with Crippen molar-refractivity contribution < 1.29 is 14.3 Å². The fraction of sp³-hybridized carbons (Fsp3) is 0.333. The molecule has 1 aliphatic heterocycles. The highest BCUT2D eigenvalue weighted by atomic mass is 35.5. The molecule has 0 aliphatic carbocycles. The number of likely N-dealkylation sites (tertiary alicyclic amines) is 1. The van der Waals surface area contributed by atoms with Crippen LogP contribution in [0.4, 0.5) is 0 Å². The van der Waals surface area contributed by atoms with Crippen molar-refractivity contribution in [1.29, 1.82) is 0 Å². The van der Waals surface area contributed by atoms with Gasteiger partial charge in [0.1, 0.15) is 0 Å². The molecule has 1 fully saturated rings. The number of hydrogen-bond donors (Lipinski definition) is 0. The number of esters is 1. The third-order valence-corrected chi connectivity index (χ3v) is 4.91. The highest BCUT2D eigenvalue weighted by molar-refractivity contribution is 7.98. The molecule has 2 aromatic rings. The van der Waals surface area contributed by atoms with Gasteiger partial charge in [-0.2, -0.15) is 0 Å². The van der Waals surface area contributed by atoms with Crippen LogP contribution in [0.1, 0.15) is 35.0 Å². The quantitative estimate of drug-likeness (QED) is 0.442. The summed E-state index contributed by atoms with van der Waals surface area (Å²) in [6, 6.07) is 8.98. The van der Waals surface area contributed by atoms with Gasteiger partial charge in [0.05, 0.1) is 11.2 Å². The summed E-state index contributed by atoms with van der Waals surface area (Å²) in [6.07, 6.45) is 4.04. The second-order valence-electron chi connectivity index (χ2n) is 5.78. The van der Waals surface area contributed by atoms with E-state index in [0.29, 0.717) is 23.8 Å². The standard InChI is InChI=1S/C18H18ClN3O3S/c1-26-18-20-11-13(19)14(21-18)17(24)25-15(12-7-3-2-4-8-12)16(23)22-9-5-6-10-22/h2-4,7-8,11,15H,5-6,9-10H2,1H3/t15-/m1/s1. The van der Waals surface area contributed by atoms with E-state index in [4.69, 9.17) is 16.3 Å². The Hall–Kier alpha value is -2.12. The van der Waals surface area contributed by atoms with E-state index >= 15 is 0 Å². The number of ether oxygens (including phenoxy) is 1. The van der Waals surface area contributed by atoms with Crippen LogP contribution in [0.3, 0.4) is 0 Å². The average molecular weight is 392 g/mol. The van der Waals surface area contributed by atoms with Crippen LogP contribution in [0.25, 0.3) is 0 Å². The maximum Gasteiger partial charge on any atom is 0.359 e. The Kier molecular flexibility index (Phi) is 6.11. The van der Waals surface area contributed by atoms with Gasteiger partial charge in [0.25, 0.3) is 5.91 Å². The van der Waals surface area contributed by atoms with Crippen LogP contribution in [0, 0.1) is 0 Å². The minimum absolute atomic E-state index is 0.0406. The molecule has 2 heterocycles. The fourth-order valence-electron chi connectivity index (χ4n) is 2.75. The smallest absolute Gasteiger partial charge is 0.359 e. The summed E-state index contributed by atoms with van der Waals surface area (Å²) < 4.78 is 5.56. The molecule has 3 rings (SSSR count). The monoisotopic (exact) mass is 391 g/mol. The van der Waals surface area contributed by atoms with Gasteiger partial charge >= 0.3 is 5.97 Å². The normalized spacial score (nSPS) is 14.9. The Morgan fingerprint density at radius 3 is 2.58 bits per heavy atom. The summed E-state index contributed by atoms with van der Waals surface area (Å²) in [7, 11) is 0. The molecule has 0 radical (unpaired) electrons. The molecule has 1 amide bonds. The Labute approximate surface area is 160 Å². The van der Waals surface area contributed by atoms with Crippen molar-refractivity contribution >= 4 is 35.2 Å².